The molecule has 1 aliphatic heterocycles. The molecule has 5 aliphatic rings. The van der Waals surface area contributed by atoms with Crippen molar-refractivity contribution < 1.29 is 49.6 Å². The number of benzene rings is 2. The molecule has 1 saturated heterocycles. The third-order valence-corrected chi connectivity index (χ3v) is 12.3. The van der Waals surface area contributed by atoms with Gasteiger partial charge in [-0.2, -0.15) is 26.3 Å². The fraction of sp³-hybridized carbons (Fsp3) is 0.562. The predicted molar refractivity (Wildman–Crippen MR) is 151 cm³/mol. The number of aryl methyl sites for hydroxylation is 2. The topological polar surface area (TPSA) is 74.7 Å². The lowest BCUT2D eigenvalue weighted by Crippen LogP contribution is -2.50. The molecule has 2 unspecified atom stereocenters. The Bertz CT molecular complexity index is 1420. The van der Waals surface area contributed by atoms with Crippen LogP contribution in [0.15, 0.2) is 47.4 Å². The molecule has 0 radical (unpaired) electrons. The summed E-state index contributed by atoms with van der Waals surface area (Å²) in [5.74, 6) is 0.626. The van der Waals surface area contributed by atoms with Crippen molar-refractivity contribution in [3.05, 3.63) is 64.7 Å². The number of carboxylic acid groups (broad SMARTS) is 1. The van der Waals surface area contributed by atoms with Crippen LogP contribution < -0.4 is 0 Å². The van der Waals surface area contributed by atoms with Crippen LogP contribution >= 0.6 is 0 Å². The van der Waals surface area contributed by atoms with Crippen LogP contribution in [0.4, 0.5) is 30.7 Å². The summed E-state index contributed by atoms with van der Waals surface area (Å²) in [4.78, 5) is 24.5. The summed E-state index contributed by atoms with van der Waals surface area (Å²) in [5.41, 5.74) is -5.18. The van der Waals surface area contributed by atoms with Crippen molar-refractivity contribution in [2.45, 2.75) is 91.9 Å². The first-order valence-electron chi connectivity index (χ1n) is 15.0. The number of hydrogen-bond donors (Lipinski definition) is 1. The number of nitrogens with zero attached hydrogens (tertiary/aromatic N) is 1. The van der Waals surface area contributed by atoms with E-state index in [-0.39, 0.29) is 37.5 Å². The Balaban J connectivity index is 0.00000128. The first kappa shape index (κ1) is 33.4. The van der Waals surface area contributed by atoms with E-state index in [1.54, 1.807) is 11.0 Å². The van der Waals surface area contributed by atoms with Crippen LogP contribution in [-0.2, 0) is 43.6 Å². The summed E-state index contributed by atoms with van der Waals surface area (Å²) < 4.78 is 108. The summed E-state index contributed by atoms with van der Waals surface area (Å²) in [6.07, 6.45) is -4.25. The van der Waals surface area contributed by atoms with E-state index < -0.39 is 44.5 Å². The number of fused-ring (bicyclic) bond motifs is 4. The fourth-order valence-electron chi connectivity index (χ4n) is 7.74. The van der Waals surface area contributed by atoms with Gasteiger partial charge in [0.15, 0.2) is 0 Å². The molecule has 4 aliphatic carbocycles. The number of halogens is 7. The first-order chi connectivity index (χ1) is 21.1. The third kappa shape index (κ3) is 5.67. The highest BCUT2D eigenvalue weighted by atomic mass is 32.2. The van der Waals surface area contributed by atoms with Crippen LogP contribution in [-0.4, -0.2) is 52.0 Å². The van der Waals surface area contributed by atoms with Crippen molar-refractivity contribution in [2.75, 3.05) is 13.1 Å². The van der Waals surface area contributed by atoms with Crippen LogP contribution in [0.2, 0.25) is 0 Å². The normalized spacial score (nSPS) is 27.0. The second kappa shape index (κ2) is 12.0. The summed E-state index contributed by atoms with van der Waals surface area (Å²) in [6, 6.07) is 8.54. The molecule has 0 spiro atoms. The van der Waals surface area contributed by atoms with Gasteiger partial charge in [-0.1, -0.05) is 30.3 Å². The van der Waals surface area contributed by atoms with Crippen molar-refractivity contribution in [1.82, 2.24) is 4.90 Å². The standard InChI is InChI=1S/C31H32F7NO2S.CH2O2/c32-29(30(33,34)35,31(36,37)38)24-7-5-23(6-8-24)28(42(41)25-9-4-21-2-1-3-22(21)18-25)16-17-39(19-28)26(40)27-13-10-20(11-14-27)12-15-27;2-1-3/h4-9,18,20H,1-3,10-17,19H2;1H,(H,2,3). The molecule has 3 saturated carbocycles. The smallest absolute Gasteiger partial charge is 0.435 e. The Kier molecular flexibility index (Phi) is 8.91. The molecule has 2 aromatic rings. The number of alkyl halides is 7. The molecule has 13 heteroatoms. The number of likely N-dealkylation sites (tertiary alicyclic amines) is 1. The molecule has 1 heterocycles. The van der Waals surface area contributed by atoms with Crippen molar-refractivity contribution in [3.8, 4) is 0 Å². The van der Waals surface area contributed by atoms with Crippen molar-refractivity contribution in [2.24, 2.45) is 11.3 Å². The maximum absolute atomic E-state index is 14.8. The zero-order valence-corrected chi connectivity index (χ0v) is 25.2. The highest BCUT2D eigenvalue weighted by Gasteiger charge is 2.73. The van der Waals surface area contributed by atoms with E-state index in [0.29, 0.717) is 22.9 Å². The Morgan fingerprint density at radius 1 is 0.867 bits per heavy atom. The molecular formula is C32H34F7NO4S. The molecule has 0 aromatic heterocycles. The molecule has 45 heavy (non-hydrogen) atoms. The van der Waals surface area contributed by atoms with E-state index in [1.165, 1.54) is 0 Å². The minimum absolute atomic E-state index is 0.0120. The van der Waals surface area contributed by atoms with Crippen molar-refractivity contribution in [3.63, 3.8) is 0 Å². The molecule has 5 nitrogen and oxygen atoms in total. The molecule has 2 atom stereocenters. The van der Waals surface area contributed by atoms with E-state index in [4.69, 9.17) is 9.90 Å². The third-order valence-electron chi connectivity index (χ3n) is 10.3. The van der Waals surface area contributed by atoms with Crippen molar-refractivity contribution >= 4 is 23.2 Å². The average Bonchev–Trinajstić information content (AvgIpc) is 3.68. The van der Waals surface area contributed by atoms with E-state index in [2.05, 4.69) is 0 Å². The predicted octanol–water partition coefficient (Wildman–Crippen LogP) is 7.37. The van der Waals surface area contributed by atoms with Gasteiger partial charge in [0.25, 0.3) is 6.47 Å². The van der Waals surface area contributed by atoms with E-state index >= 15 is 0 Å². The van der Waals surface area contributed by atoms with Crippen LogP contribution in [0.1, 0.15) is 73.6 Å². The monoisotopic (exact) mass is 661 g/mol. The lowest BCUT2D eigenvalue weighted by Gasteiger charge is -2.47. The molecular weight excluding hydrogens is 627 g/mol. The Labute approximate surface area is 258 Å². The first-order valence-corrected chi connectivity index (χ1v) is 16.1. The zero-order valence-electron chi connectivity index (χ0n) is 24.4. The fourth-order valence-corrected chi connectivity index (χ4v) is 9.53. The number of amides is 1. The molecule has 1 N–H and O–H groups in total. The largest absolute Gasteiger partial charge is 0.483 e. The van der Waals surface area contributed by atoms with Gasteiger partial charge in [-0.25, -0.2) is 4.39 Å². The minimum atomic E-state index is -6.23. The van der Waals surface area contributed by atoms with Crippen LogP contribution in [0.5, 0.6) is 0 Å². The Morgan fingerprint density at radius 2 is 1.42 bits per heavy atom. The molecule has 2 aromatic carbocycles. The van der Waals surface area contributed by atoms with E-state index in [9.17, 15) is 39.7 Å². The zero-order chi connectivity index (χ0) is 32.8. The Hall–Kier alpha value is -2.96. The number of hydrogen-bond acceptors (Lipinski definition) is 3. The molecule has 4 fully saturated rings. The van der Waals surface area contributed by atoms with Gasteiger partial charge in [-0.3, -0.25) is 13.8 Å². The highest BCUT2D eigenvalue weighted by Crippen LogP contribution is 2.55. The average molecular weight is 662 g/mol. The Morgan fingerprint density at radius 3 is 1.98 bits per heavy atom. The number of rotatable bonds is 5. The maximum Gasteiger partial charge on any atom is 0.435 e. The van der Waals surface area contributed by atoms with Gasteiger partial charge >= 0.3 is 18.0 Å². The lowest BCUT2D eigenvalue weighted by atomic mass is 9.60. The SMILES string of the molecule is O=C(N1CCC(c2ccc(C(F)(C(F)(F)F)C(F)(F)F)cc2)(S(=O)c2ccc3c(c2)CCC3)C1)C12CCC(CC1)CC2.O=CO. The van der Waals surface area contributed by atoms with Gasteiger partial charge in [-0.15, -0.1) is 0 Å². The summed E-state index contributed by atoms with van der Waals surface area (Å²) in [5, 5.41) is 6.89. The van der Waals surface area contributed by atoms with Crippen LogP contribution in [0.3, 0.4) is 0 Å². The molecule has 7 rings (SSSR count). The van der Waals surface area contributed by atoms with E-state index in [1.807, 2.05) is 12.1 Å². The number of carbonyl (C=O) groups is 2. The number of carbonyl (C=O) groups excluding carboxylic acids is 1. The molecule has 246 valence electrons. The van der Waals surface area contributed by atoms with Gasteiger partial charge in [0.2, 0.25) is 5.91 Å². The molecule has 2 bridgehead atoms. The van der Waals surface area contributed by atoms with Gasteiger partial charge < -0.3 is 10.0 Å². The van der Waals surface area contributed by atoms with Crippen molar-refractivity contribution in [1.29, 1.82) is 0 Å². The quantitative estimate of drug-likeness (QED) is 0.268. The highest BCUT2D eigenvalue weighted by molar-refractivity contribution is 7.86. The van der Waals surface area contributed by atoms with Crippen LogP contribution in [0.25, 0.3) is 0 Å². The van der Waals surface area contributed by atoms with Gasteiger partial charge in [0.1, 0.15) is 0 Å². The van der Waals surface area contributed by atoms with Gasteiger partial charge in [0, 0.05) is 29.0 Å². The van der Waals surface area contributed by atoms with Gasteiger partial charge in [0.05, 0.1) is 15.5 Å². The summed E-state index contributed by atoms with van der Waals surface area (Å²) >= 11 is 0. The van der Waals surface area contributed by atoms with Crippen LogP contribution in [0, 0.1) is 11.3 Å². The molecule has 1 amide bonds. The summed E-state index contributed by atoms with van der Waals surface area (Å²) in [7, 11) is -1.80. The second-order valence-electron chi connectivity index (χ2n) is 12.6. The van der Waals surface area contributed by atoms with Gasteiger partial charge in [-0.05, 0) is 98.9 Å². The van der Waals surface area contributed by atoms with E-state index in [0.717, 1.165) is 81.0 Å². The lowest BCUT2D eigenvalue weighted by molar-refractivity contribution is -0.348. The maximum atomic E-state index is 14.8. The minimum Gasteiger partial charge on any atom is -0.483 e. The second-order valence-corrected chi connectivity index (χ2v) is 14.4. The summed E-state index contributed by atoms with van der Waals surface area (Å²) in [6.45, 7) is 0.0277.